The molecule has 7 heteroatoms. The molecule has 2 rings (SSSR count). The maximum atomic E-state index is 12.6. The predicted molar refractivity (Wildman–Crippen MR) is 73.6 cm³/mol. The summed E-state index contributed by atoms with van der Waals surface area (Å²) in [6, 6.07) is 0. The minimum absolute atomic E-state index is 0.00217. The molecule has 2 aliphatic rings. The molecular weight excluding hydrogens is 299 g/mol. The molecule has 0 saturated heterocycles. The van der Waals surface area contributed by atoms with Crippen molar-refractivity contribution in [3.63, 3.8) is 0 Å². The normalized spacial score (nSPS) is 29.2. The van der Waals surface area contributed by atoms with Crippen molar-refractivity contribution < 1.29 is 27.4 Å². The third kappa shape index (κ3) is 3.63. The Morgan fingerprint density at radius 3 is 2.50 bits per heavy atom. The third-order valence-corrected chi connectivity index (χ3v) is 4.24. The van der Waals surface area contributed by atoms with Gasteiger partial charge in [0.25, 0.3) is 0 Å². The summed E-state index contributed by atoms with van der Waals surface area (Å²) in [7, 11) is 2.80. The molecule has 0 fully saturated rings. The number of rotatable bonds is 3. The Labute approximate surface area is 127 Å². The Morgan fingerprint density at radius 2 is 2.00 bits per heavy atom. The number of allylic oxidation sites excluding steroid dienone is 4. The van der Waals surface area contributed by atoms with Crippen LogP contribution in [0.2, 0.25) is 0 Å². The Balaban J connectivity index is 2.04. The summed E-state index contributed by atoms with van der Waals surface area (Å²) in [6.07, 6.45) is -0.356. The minimum Gasteiger partial charge on any atom is -0.469 e. The Kier molecular flexibility index (Phi) is 5.16. The second-order valence-electron chi connectivity index (χ2n) is 5.52. The smallest absolute Gasteiger partial charge is 0.412 e. The van der Waals surface area contributed by atoms with Crippen molar-refractivity contribution >= 4 is 5.97 Å². The van der Waals surface area contributed by atoms with Crippen molar-refractivity contribution in [3.05, 3.63) is 23.4 Å². The molecule has 1 aliphatic carbocycles. The summed E-state index contributed by atoms with van der Waals surface area (Å²) in [6.45, 7) is 0. The lowest BCUT2D eigenvalue weighted by Gasteiger charge is -2.34. The Morgan fingerprint density at radius 1 is 1.27 bits per heavy atom. The Bertz CT molecular complexity index is 485. The van der Waals surface area contributed by atoms with Crippen LogP contribution >= 0.6 is 0 Å². The van der Waals surface area contributed by atoms with Gasteiger partial charge >= 0.3 is 12.1 Å². The molecule has 0 spiro atoms. The molecule has 3 atom stereocenters. The van der Waals surface area contributed by atoms with E-state index in [1.807, 2.05) is 6.08 Å². The summed E-state index contributed by atoms with van der Waals surface area (Å²) in [4.78, 5) is 11.7. The molecule has 124 valence electrons. The first-order chi connectivity index (χ1) is 10.4. The van der Waals surface area contributed by atoms with Crippen molar-refractivity contribution in [1.29, 1.82) is 0 Å². The van der Waals surface area contributed by atoms with Crippen molar-refractivity contribution in [2.75, 3.05) is 14.2 Å². The second kappa shape index (κ2) is 6.73. The van der Waals surface area contributed by atoms with Gasteiger partial charge in [0, 0.05) is 24.3 Å². The van der Waals surface area contributed by atoms with Crippen LogP contribution in [0.1, 0.15) is 25.7 Å². The van der Waals surface area contributed by atoms with Crippen LogP contribution in [-0.2, 0) is 14.3 Å². The van der Waals surface area contributed by atoms with Crippen LogP contribution in [-0.4, -0.2) is 32.6 Å². The summed E-state index contributed by atoms with van der Waals surface area (Å²) < 4.78 is 47.9. The number of esters is 1. The molecule has 1 N–H and O–H groups in total. The molecule has 1 unspecified atom stereocenters. The number of carbonyl (C=O) groups excluding carboxylic acids is 1. The number of hydrogen-bond acceptors (Lipinski definition) is 4. The fraction of sp³-hybridized carbons (Fsp3) is 0.667. The molecule has 0 aromatic heterocycles. The minimum atomic E-state index is -4.23. The molecule has 0 amide bonds. The van der Waals surface area contributed by atoms with Crippen LogP contribution in [0.15, 0.2) is 23.4 Å². The van der Waals surface area contributed by atoms with Crippen LogP contribution in [0.5, 0.6) is 0 Å². The number of halogens is 3. The molecule has 4 nitrogen and oxygen atoms in total. The fourth-order valence-corrected chi connectivity index (χ4v) is 2.95. The van der Waals surface area contributed by atoms with E-state index in [-0.39, 0.29) is 18.3 Å². The van der Waals surface area contributed by atoms with Gasteiger partial charge in [-0.2, -0.15) is 13.2 Å². The van der Waals surface area contributed by atoms with Crippen molar-refractivity contribution in [2.45, 2.75) is 38.1 Å². The molecule has 1 aliphatic heterocycles. The van der Waals surface area contributed by atoms with E-state index >= 15 is 0 Å². The van der Waals surface area contributed by atoms with Gasteiger partial charge in [0.2, 0.25) is 0 Å². The van der Waals surface area contributed by atoms with Gasteiger partial charge in [0.1, 0.15) is 12.1 Å². The van der Waals surface area contributed by atoms with Crippen LogP contribution in [0.3, 0.4) is 0 Å². The highest BCUT2D eigenvalue weighted by Crippen LogP contribution is 2.38. The Hall–Kier alpha value is -1.50. The van der Waals surface area contributed by atoms with Gasteiger partial charge in [-0.05, 0) is 25.7 Å². The molecule has 22 heavy (non-hydrogen) atoms. The zero-order chi connectivity index (χ0) is 16.3. The first-order valence-electron chi connectivity index (χ1n) is 7.20. The number of nitrogens with one attached hydrogen (secondary N) is 1. The van der Waals surface area contributed by atoms with Gasteiger partial charge < -0.3 is 14.8 Å². The lowest BCUT2D eigenvalue weighted by Crippen LogP contribution is -2.45. The van der Waals surface area contributed by atoms with Gasteiger partial charge in [-0.25, -0.2) is 0 Å². The topological polar surface area (TPSA) is 47.6 Å². The van der Waals surface area contributed by atoms with E-state index in [4.69, 9.17) is 9.47 Å². The molecule has 0 saturated carbocycles. The maximum absolute atomic E-state index is 12.6. The van der Waals surface area contributed by atoms with Crippen molar-refractivity contribution in [2.24, 2.45) is 11.8 Å². The monoisotopic (exact) mass is 319 g/mol. The summed E-state index contributed by atoms with van der Waals surface area (Å²) >= 11 is 0. The zero-order valence-corrected chi connectivity index (χ0v) is 12.6. The first-order valence-corrected chi connectivity index (χ1v) is 7.20. The van der Waals surface area contributed by atoms with E-state index in [9.17, 15) is 18.0 Å². The van der Waals surface area contributed by atoms with Crippen molar-refractivity contribution in [3.8, 4) is 0 Å². The van der Waals surface area contributed by atoms with Crippen LogP contribution in [0, 0.1) is 11.8 Å². The van der Waals surface area contributed by atoms with Crippen molar-refractivity contribution in [1.82, 2.24) is 5.32 Å². The van der Waals surface area contributed by atoms with Crippen LogP contribution in [0.25, 0.3) is 0 Å². The number of ether oxygens (including phenoxy) is 2. The average molecular weight is 319 g/mol. The van der Waals surface area contributed by atoms with Gasteiger partial charge in [0.05, 0.1) is 7.11 Å². The fourth-order valence-electron chi connectivity index (χ4n) is 2.95. The number of hydrogen-bond donors (Lipinski definition) is 1. The van der Waals surface area contributed by atoms with E-state index in [1.54, 1.807) is 0 Å². The highest BCUT2D eigenvalue weighted by Gasteiger charge is 2.38. The van der Waals surface area contributed by atoms with Crippen LogP contribution in [0.4, 0.5) is 13.2 Å². The number of methoxy groups -OCH3 is 2. The van der Waals surface area contributed by atoms with E-state index < -0.39 is 23.9 Å². The average Bonchev–Trinajstić information content (AvgIpc) is 2.52. The highest BCUT2D eigenvalue weighted by molar-refractivity contribution is 5.73. The van der Waals surface area contributed by atoms with E-state index in [1.165, 1.54) is 20.3 Å². The summed E-state index contributed by atoms with van der Waals surface area (Å²) in [5, 5.41) is 3.12. The van der Waals surface area contributed by atoms with E-state index in [0.29, 0.717) is 19.3 Å². The van der Waals surface area contributed by atoms with Gasteiger partial charge in [0.15, 0.2) is 0 Å². The second-order valence-corrected chi connectivity index (χ2v) is 5.52. The molecule has 0 aromatic carbocycles. The molecule has 0 radical (unpaired) electrons. The molecular formula is C15H20F3NO3. The number of carbonyl (C=O) groups is 1. The van der Waals surface area contributed by atoms with Gasteiger partial charge in [-0.1, -0.05) is 12.2 Å². The first kappa shape index (κ1) is 16.9. The lowest BCUT2D eigenvalue weighted by molar-refractivity contribution is -0.151. The molecule has 0 bridgehead atoms. The summed E-state index contributed by atoms with van der Waals surface area (Å²) in [5.74, 6) is -0.802. The third-order valence-electron chi connectivity index (χ3n) is 4.24. The lowest BCUT2D eigenvalue weighted by atomic mass is 9.84. The zero-order valence-electron chi connectivity index (χ0n) is 12.6. The van der Waals surface area contributed by atoms with Gasteiger partial charge in [-0.3, -0.25) is 4.79 Å². The molecule has 1 heterocycles. The quantitative estimate of drug-likeness (QED) is 0.642. The predicted octanol–water partition coefficient (Wildman–Crippen LogP) is 2.91. The highest BCUT2D eigenvalue weighted by atomic mass is 19.4. The number of alkyl halides is 3. The van der Waals surface area contributed by atoms with E-state index in [2.05, 4.69) is 5.32 Å². The standard InChI is InChI=1S/C15H20F3NO3/c1-21-13-11(14(20)22-2)7-8-12(19-13)9-3-5-10(6-4-9)15(16,17)18/h5,8-9,11,13,19H,3-4,6-7H2,1-2H3/t9-,11-,13?/m1/s1. The molecule has 0 aromatic rings. The van der Waals surface area contributed by atoms with Crippen LogP contribution < -0.4 is 5.32 Å². The van der Waals surface area contributed by atoms with Gasteiger partial charge in [-0.15, -0.1) is 0 Å². The van der Waals surface area contributed by atoms with E-state index in [0.717, 1.165) is 5.70 Å². The SMILES string of the molecule is COC(=O)[C@@H]1CC=C([C@@H]2CC=C(C(F)(F)F)CC2)NC1OC. The summed E-state index contributed by atoms with van der Waals surface area (Å²) in [5.41, 5.74) is 0.403. The largest absolute Gasteiger partial charge is 0.469 e. The maximum Gasteiger partial charge on any atom is 0.412 e.